The summed E-state index contributed by atoms with van der Waals surface area (Å²) in [5.74, 6) is 6.06. The van der Waals surface area contributed by atoms with Crippen LogP contribution in [0.15, 0.2) is 12.1 Å². The summed E-state index contributed by atoms with van der Waals surface area (Å²) in [5.41, 5.74) is 0. The Balaban J connectivity index is 1.93. The molecule has 1 unspecified atom stereocenters. The summed E-state index contributed by atoms with van der Waals surface area (Å²) in [5, 5.41) is 8.70. The maximum atomic E-state index is 8.70. The van der Waals surface area contributed by atoms with Crippen molar-refractivity contribution in [1.82, 2.24) is 4.90 Å². The third-order valence-electron chi connectivity index (χ3n) is 3.29. The van der Waals surface area contributed by atoms with E-state index in [4.69, 9.17) is 9.84 Å². The molecule has 0 spiro atoms. The lowest BCUT2D eigenvalue weighted by molar-refractivity contribution is -0.0122. The van der Waals surface area contributed by atoms with Crippen LogP contribution in [0.25, 0.3) is 0 Å². The largest absolute Gasteiger partial charge is 0.395 e. The van der Waals surface area contributed by atoms with Gasteiger partial charge in [-0.3, -0.25) is 4.90 Å². The maximum Gasteiger partial charge on any atom is 0.0771 e. The molecule has 0 amide bonds. The highest BCUT2D eigenvalue weighted by Crippen LogP contribution is 2.20. The molecule has 0 radical (unpaired) electrons. The number of rotatable bonds is 4. The SMILES string of the molecule is CCC1COCCN1Cc1ccc(C#CCCO)s1. The first-order valence-electron chi connectivity index (χ1n) is 6.83. The summed E-state index contributed by atoms with van der Waals surface area (Å²) >= 11 is 1.75. The molecule has 19 heavy (non-hydrogen) atoms. The molecule has 2 rings (SSSR count). The van der Waals surface area contributed by atoms with Crippen LogP contribution < -0.4 is 0 Å². The van der Waals surface area contributed by atoms with Gasteiger partial charge >= 0.3 is 0 Å². The van der Waals surface area contributed by atoms with Crippen LogP contribution in [0.2, 0.25) is 0 Å². The second kappa shape index (κ2) is 7.66. The Hall–Kier alpha value is -0.860. The zero-order valence-corrected chi connectivity index (χ0v) is 12.2. The average molecular weight is 279 g/mol. The zero-order valence-electron chi connectivity index (χ0n) is 11.4. The van der Waals surface area contributed by atoms with E-state index in [1.54, 1.807) is 11.3 Å². The summed E-state index contributed by atoms with van der Waals surface area (Å²) in [6.07, 6.45) is 1.68. The molecule has 104 valence electrons. The van der Waals surface area contributed by atoms with Crippen molar-refractivity contribution in [1.29, 1.82) is 0 Å². The first kappa shape index (κ1) is 14.5. The number of thiophene rings is 1. The summed E-state index contributed by atoms with van der Waals surface area (Å²) in [6, 6.07) is 4.78. The molecule has 0 bridgehead atoms. The zero-order chi connectivity index (χ0) is 13.5. The third-order valence-corrected chi connectivity index (χ3v) is 4.28. The van der Waals surface area contributed by atoms with Crippen molar-refractivity contribution in [2.75, 3.05) is 26.4 Å². The maximum absolute atomic E-state index is 8.70. The fourth-order valence-corrected chi connectivity index (χ4v) is 3.12. The van der Waals surface area contributed by atoms with Crippen LogP contribution in [0.4, 0.5) is 0 Å². The molecule has 1 aliphatic heterocycles. The van der Waals surface area contributed by atoms with Gasteiger partial charge < -0.3 is 9.84 Å². The summed E-state index contributed by atoms with van der Waals surface area (Å²) < 4.78 is 5.53. The highest BCUT2D eigenvalue weighted by Gasteiger charge is 2.21. The number of aliphatic hydroxyl groups excluding tert-OH is 1. The molecule has 1 atom stereocenters. The Labute approximate surface area is 119 Å². The molecule has 1 fully saturated rings. The topological polar surface area (TPSA) is 32.7 Å². The first-order chi connectivity index (χ1) is 9.33. The second-order valence-corrected chi connectivity index (χ2v) is 5.82. The van der Waals surface area contributed by atoms with E-state index in [9.17, 15) is 0 Å². The van der Waals surface area contributed by atoms with Gasteiger partial charge in [0.15, 0.2) is 0 Å². The average Bonchev–Trinajstić information content (AvgIpc) is 2.87. The Kier molecular flexibility index (Phi) is 5.87. The number of ether oxygens (including phenoxy) is 1. The van der Waals surface area contributed by atoms with Crippen LogP contribution >= 0.6 is 11.3 Å². The molecular weight excluding hydrogens is 258 g/mol. The lowest BCUT2D eigenvalue weighted by Gasteiger charge is -2.34. The third kappa shape index (κ3) is 4.32. The minimum absolute atomic E-state index is 0.136. The first-order valence-corrected chi connectivity index (χ1v) is 7.65. The van der Waals surface area contributed by atoms with Crippen molar-refractivity contribution in [2.45, 2.75) is 32.4 Å². The van der Waals surface area contributed by atoms with Gasteiger partial charge in [-0.2, -0.15) is 0 Å². The van der Waals surface area contributed by atoms with E-state index in [2.05, 4.69) is 35.8 Å². The minimum atomic E-state index is 0.136. The molecule has 1 aromatic rings. The van der Waals surface area contributed by atoms with E-state index in [-0.39, 0.29) is 6.61 Å². The van der Waals surface area contributed by atoms with Gasteiger partial charge in [-0.25, -0.2) is 0 Å². The molecule has 1 saturated heterocycles. The molecule has 2 heterocycles. The predicted molar refractivity (Wildman–Crippen MR) is 78.2 cm³/mol. The van der Waals surface area contributed by atoms with E-state index in [0.717, 1.165) is 37.6 Å². The van der Waals surface area contributed by atoms with Crippen molar-refractivity contribution < 1.29 is 9.84 Å². The van der Waals surface area contributed by atoms with Crippen LogP contribution in [0.1, 0.15) is 29.5 Å². The molecule has 1 N–H and O–H groups in total. The molecule has 0 saturated carbocycles. The normalized spacial score (nSPS) is 20.0. The Morgan fingerprint density at radius 2 is 2.42 bits per heavy atom. The van der Waals surface area contributed by atoms with Gasteiger partial charge in [-0.15, -0.1) is 11.3 Å². The molecule has 0 aromatic carbocycles. The number of nitrogens with zero attached hydrogens (tertiary/aromatic N) is 1. The van der Waals surface area contributed by atoms with Crippen molar-refractivity contribution in [3.8, 4) is 11.8 Å². The van der Waals surface area contributed by atoms with Gasteiger partial charge in [0.2, 0.25) is 0 Å². The number of aliphatic hydroxyl groups is 1. The molecule has 1 aliphatic rings. The Morgan fingerprint density at radius 1 is 1.53 bits per heavy atom. The number of morpholine rings is 1. The number of hydrogen-bond donors (Lipinski definition) is 1. The van der Waals surface area contributed by atoms with E-state index in [1.807, 2.05) is 0 Å². The van der Waals surface area contributed by atoms with Crippen molar-refractivity contribution in [2.24, 2.45) is 0 Å². The van der Waals surface area contributed by atoms with Crippen LogP contribution in [-0.4, -0.2) is 42.4 Å². The molecule has 0 aliphatic carbocycles. The van der Waals surface area contributed by atoms with Crippen LogP contribution in [0.3, 0.4) is 0 Å². The molecule has 3 nitrogen and oxygen atoms in total. The van der Waals surface area contributed by atoms with E-state index < -0.39 is 0 Å². The quantitative estimate of drug-likeness (QED) is 0.857. The van der Waals surface area contributed by atoms with Gasteiger partial charge in [-0.1, -0.05) is 18.8 Å². The summed E-state index contributed by atoms with van der Waals surface area (Å²) in [4.78, 5) is 4.94. The highest BCUT2D eigenvalue weighted by atomic mass is 32.1. The molecular formula is C15H21NO2S. The number of hydrogen-bond acceptors (Lipinski definition) is 4. The van der Waals surface area contributed by atoms with E-state index >= 15 is 0 Å². The van der Waals surface area contributed by atoms with Crippen molar-refractivity contribution in [3.63, 3.8) is 0 Å². The van der Waals surface area contributed by atoms with Gasteiger partial charge in [0.25, 0.3) is 0 Å². The fourth-order valence-electron chi connectivity index (χ4n) is 2.21. The predicted octanol–water partition coefficient (Wildman–Crippen LogP) is 2.09. The lowest BCUT2D eigenvalue weighted by Crippen LogP contribution is -2.44. The summed E-state index contributed by atoms with van der Waals surface area (Å²) in [7, 11) is 0. The second-order valence-electron chi connectivity index (χ2n) is 4.65. The van der Waals surface area contributed by atoms with E-state index in [1.165, 1.54) is 4.88 Å². The van der Waals surface area contributed by atoms with Gasteiger partial charge in [0.05, 0.1) is 24.7 Å². The molecule has 1 aromatic heterocycles. The lowest BCUT2D eigenvalue weighted by atomic mass is 10.2. The monoisotopic (exact) mass is 279 g/mol. The van der Waals surface area contributed by atoms with Gasteiger partial charge in [0, 0.05) is 30.4 Å². The molecule has 4 heteroatoms. The highest BCUT2D eigenvalue weighted by molar-refractivity contribution is 7.12. The van der Waals surface area contributed by atoms with Crippen LogP contribution in [0.5, 0.6) is 0 Å². The smallest absolute Gasteiger partial charge is 0.0771 e. The standard InChI is InChI=1S/C15H21NO2S/c1-2-13-12-18-10-8-16(13)11-15-7-6-14(19-15)5-3-4-9-17/h6-7,13,17H,2,4,8-12H2,1H3. The van der Waals surface area contributed by atoms with Crippen molar-refractivity contribution >= 4 is 11.3 Å². The van der Waals surface area contributed by atoms with Gasteiger partial charge in [0.1, 0.15) is 0 Å². The Morgan fingerprint density at radius 3 is 3.21 bits per heavy atom. The fraction of sp³-hybridized carbons (Fsp3) is 0.600. The van der Waals surface area contributed by atoms with E-state index in [0.29, 0.717) is 12.5 Å². The van der Waals surface area contributed by atoms with Crippen molar-refractivity contribution in [3.05, 3.63) is 21.9 Å². The Bertz CT molecular complexity index is 446. The van der Waals surface area contributed by atoms with Crippen LogP contribution in [-0.2, 0) is 11.3 Å². The van der Waals surface area contributed by atoms with Crippen LogP contribution in [0, 0.1) is 11.8 Å². The minimum Gasteiger partial charge on any atom is -0.395 e. The van der Waals surface area contributed by atoms with Gasteiger partial charge in [-0.05, 0) is 18.6 Å². The summed E-state index contributed by atoms with van der Waals surface area (Å²) in [6.45, 7) is 6.05.